The van der Waals surface area contributed by atoms with Gasteiger partial charge in [-0.1, -0.05) is 12.1 Å². The summed E-state index contributed by atoms with van der Waals surface area (Å²) in [6.45, 7) is 0.246. The van der Waals surface area contributed by atoms with E-state index in [1.54, 1.807) is 0 Å². The summed E-state index contributed by atoms with van der Waals surface area (Å²) in [6, 6.07) is 5.14. The van der Waals surface area contributed by atoms with Crippen LogP contribution in [0.2, 0.25) is 0 Å². The van der Waals surface area contributed by atoms with Gasteiger partial charge in [-0.05, 0) is 30.7 Å². The summed E-state index contributed by atoms with van der Waals surface area (Å²) in [5, 5.41) is 0. The molecule has 0 saturated carbocycles. The summed E-state index contributed by atoms with van der Waals surface area (Å²) >= 11 is 0. The number of rotatable bonds is 5. The van der Waals surface area contributed by atoms with Gasteiger partial charge in [-0.25, -0.2) is 4.39 Å². The van der Waals surface area contributed by atoms with Crippen LogP contribution in [0.1, 0.15) is 12.0 Å². The minimum Gasteiger partial charge on any atom is -0.406 e. The van der Waals surface area contributed by atoms with Gasteiger partial charge in [0.25, 0.3) is 0 Å². The molecule has 2 nitrogen and oxygen atoms in total. The molecule has 0 aliphatic heterocycles. The summed E-state index contributed by atoms with van der Waals surface area (Å²) in [5.41, 5.74) is 5.80. The molecule has 17 heavy (non-hydrogen) atoms. The van der Waals surface area contributed by atoms with Crippen LogP contribution in [-0.4, -0.2) is 19.1 Å². The zero-order valence-corrected chi connectivity index (χ0v) is 9.01. The van der Waals surface area contributed by atoms with Crippen molar-refractivity contribution in [3.05, 3.63) is 29.8 Å². The van der Waals surface area contributed by atoms with Gasteiger partial charge in [0.15, 0.2) is 0 Å². The predicted molar refractivity (Wildman–Crippen MR) is 55.4 cm³/mol. The van der Waals surface area contributed by atoms with E-state index in [-0.39, 0.29) is 25.1 Å². The normalized spacial score (nSPS) is 13.5. The number of halogens is 4. The first-order valence-electron chi connectivity index (χ1n) is 5.09. The first kappa shape index (κ1) is 13.8. The maximum Gasteiger partial charge on any atom is 0.573 e. The molecule has 1 rings (SSSR count). The second-order valence-corrected chi connectivity index (χ2v) is 3.57. The lowest BCUT2D eigenvalue weighted by Crippen LogP contribution is -2.17. The maximum atomic E-state index is 13.2. The number of benzene rings is 1. The summed E-state index contributed by atoms with van der Waals surface area (Å²) in [4.78, 5) is 0. The Kier molecular flexibility index (Phi) is 4.74. The summed E-state index contributed by atoms with van der Waals surface area (Å²) in [7, 11) is 0. The van der Waals surface area contributed by atoms with Crippen molar-refractivity contribution in [1.29, 1.82) is 0 Å². The molecular weight excluding hydrogens is 238 g/mol. The lowest BCUT2D eigenvalue weighted by atomic mass is 10.1. The number of hydrogen-bond donors (Lipinski definition) is 1. The van der Waals surface area contributed by atoms with Gasteiger partial charge in [0.2, 0.25) is 0 Å². The number of hydrogen-bond acceptors (Lipinski definition) is 2. The highest BCUT2D eigenvalue weighted by Gasteiger charge is 2.30. The first-order valence-corrected chi connectivity index (χ1v) is 5.09. The fraction of sp³-hybridized carbons (Fsp3) is 0.455. The highest BCUT2D eigenvalue weighted by atomic mass is 19.4. The standard InChI is InChI=1S/C11H13F4NO/c12-9(5-6-16)7-8-1-3-10(4-2-8)17-11(13,14)15/h1-4,9H,5-7,16H2. The Bertz CT molecular complexity index is 336. The molecule has 1 aromatic rings. The molecule has 0 spiro atoms. The van der Waals surface area contributed by atoms with E-state index < -0.39 is 12.5 Å². The van der Waals surface area contributed by atoms with E-state index in [0.29, 0.717) is 5.56 Å². The zero-order valence-electron chi connectivity index (χ0n) is 9.01. The fourth-order valence-electron chi connectivity index (χ4n) is 1.37. The second-order valence-electron chi connectivity index (χ2n) is 3.57. The van der Waals surface area contributed by atoms with Gasteiger partial charge < -0.3 is 10.5 Å². The Morgan fingerprint density at radius 1 is 1.18 bits per heavy atom. The minimum atomic E-state index is -4.70. The van der Waals surface area contributed by atoms with Crippen LogP contribution in [0.25, 0.3) is 0 Å². The summed E-state index contributed by atoms with van der Waals surface area (Å²) < 4.78 is 52.4. The Morgan fingerprint density at radius 3 is 2.24 bits per heavy atom. The van der Waals surface area contributed by atoms with Crippen molar-refractivity contribution in [2.75, 3.05) is 6.54 Å². The molecule has 96 valence electrons. The molecule has 0 heterocycles. The quantitative estimate of drug-likeness (QED) is 0.817. The van der Waals surface area contributed by atoms with Crippen LogP contribution >= 0.6 is 0 Å². The highest BCUT2D eigenvalue weighted by Crippen LogP contribution is 2.23. The Balaban J connectivity index is 2.56. The molecule has 0 fully saturated rings. The number of ether oxygens (including phenoxy) is 1. The molecule has 6 heteroatoms. The lowest BCUT2D eigenvalue weighted by molar-refractivity contribution is -0.274. The van der Waals surface area contributed by atoms with Gasteiger partial charge >= 0.3 is 6.36 Å². The van der Waals surface area contributed by atoms with Crippen molar-refractivity contribution in [2.45, 2.75) is 25.4 Å². The Labute approximate surface area is 96.4 Å². The Morgan fingerprint density at radius 2 is 1.76 bits per heavy atom. The molecule has 1 unspecified atom stereocenters. The summed E-state index contributed by atoms with van der Waals surface area (Å²) in [6.07, 6.45) is -5.40. The fourth-order valence-corrected chi connectivity index (χ4v) is 1.37. The molecule has 0 saturated heterocycles. The largest absolute Gasteiger partial charge is 0.573 e. The topological polar surface area (TPSA) is 35.2 Å². The van der Waals surface area contributed by atoms with Crippen LogP contribution in [0.15, 0.2) is 24.3 Å². The van der Waals surface area contributed by atoms with E-state index in [1.165, 1.54) is 12.1 Å². The van der Waals surface area contributed by atoms with Crippen molar-refractivity contribution in [1.82, 2.24) is 0 Å². The van der Waals surface area contributed by atoms with Crippen LogP contribution < -0.4 is 10.5 Å². The third-order valence-electron chi connectivity index (χ3n) is 2.09. The van der Waals surface area contributed by atoms with E-state index in [1.807, 2.05) is 0 Å². The van der Waals surface area contributed by atoms with Crippen LogP contribution in [0.4, 0.5) is 17.6 Å². The van der Waals surface area contributed by atoms with Gasteiger partial charge in [0, 0.05) is 6.42 Å². The molecule has 0 aliphatic carbocycles. The smallest absolute Gasteiger partial charge is 0.406 e. The zero-order chi connectivity index (χ0) is 12.9. The second kappa shape index (κ2) is 5.86. The third-order valence-corrected chi connectivity index (χ3v) is 2.09. The molecule has 0 amide bonds. The highest BCUT2D eigenvalue weighted by molar-refractivity contribution is 5.27. The van der Waals surface area contributed by atoms with Crippen molar-refractivity contribution in [3.8, 4) is 5.75 Å². The van der Waals surface area contributed by atoms with Crippen molar-refractivity contribution < 1.29 is 22.3 Å². The van der Waals surface area contributed by atoms with E-state index in [0.717, 1.165) is 12.1 Å². The molecule has 0 aromatic heterocycles. The molecule has 0 bridgehead atoms. The van der Waals surface area contributed by atoms with E-state index in [9.17, 15) is 17.6 Å². The first-order chi connectivity index (χ1) is 7.90. The van der Waals surface area contributed by atoms with Gasteiger partial charge in [0.05, 0.1) is 0 Å². The molecular formula is C11H13F4NO. The third kappa shape index (κ3) is 5.53. The molecule has 1 atom stereocenters. The van der Waals surface area contributed by atoms with Gasteiger partial charge in [0.1, 0.15) is 11.9 Å². The van der Waals surface area contributed by atoms with Crippen LogP contribution in [0, 0.1) is 0 Å². The molecule has 2 N–H and O–H groups in total. The summed E-state index contributed by atoms with van der Waals surface area (Å²) in [5.74, 6) is -0.310. The average Bonchev–Trinajstić information content (AvgIpc) is 2.19. The molecule has 1 aromatic carbocycles. The monoisotopic (exact) mass is 251 g/mol. The van der Waals surface area contributed by atoms with Crippen molar-refractivity contribution in [3.63, 3.8) is 0 Å². The average molecular weight is 251 g/mol. The van der Waals surface area contributed by atoms with E-state index >= 15 is 0 Å². The van der Waals surface area contributed by atoms with Crippen LogP contribution in [0.5, 0.6) is 5.75 Å². The van der Waals surface area contributed by atoms with Crippen molar-refractivity contribution in [2.24, 2.45) is 5.73 Å². The maximum absolute atomic E-state index is 13.2. The number of nitrogens with two attached hydrogens (primary N) is 1. The van der Waals surface area contributed by atoms with E-state index in [2.05, 4.69) is 4.74 Å². The van der Waals surface area contributed by atoms with Crippen molar-refractivity contribution >= 4 is 0 Å². The lowest BCUT2D eigenvalue weighted by Gasteiger charge is -2.10. The minimum absolute atomic E-state index is 0.142. The van der Waals surface area contributed by atoms with Gasteiger partial charge in [-0.3, -0.25) is 0 Å². The van der Waals surface area contributed by atoms with E-state index in [4.69, 9.17) is 5.73 Å². The van der Waals surface area contributed by atoms with Crippen LogP contribution in [0.3, 0.4) is 0 Å². The van der Waals surface area contributed by atoms with Gasteiger partial charge in [-0.2, -0.15) is 0 Å². The predicted octanol–water partition coefficient (Wildman–Crippen LogP) is 2.81. The molecule has 0 radical (unpaired) electrons. The SMILES string of the molecule is NCCC(F)Cc1ccc(OC(F)(F)F)cc1. The van der Waals surface area contributed by atoms with Gasteiger partial charge in [-0.15, -0.1) is 13.2 Å². The van der Waals surface area contributed by atoms with Crippen LogP contribution in [-0.2, 0) is 6.42 Å². The Hall–Kier alpha value is -1.30. The number of alkyl halides is 4. The molecule has 0 aliphatic rings.